The van der Waals surface area contributed by atoms with Gasteiger partial charge in [-0.3, -0.25) is 19.7 Å². The van der Waals surface area contributed by atoms with Crippen LogP contribution in [-0.2, 0) is 0 Å². The van der Waals surface area contributed by atoms with Crippen LogP contribution in [0.15, 0.2) is 140 Å². The van der Waals surface area contributed by atoms with Crippen LogP contribution in [0.1, 0.15) is 74.6 Å². The van der Waals surface area contributed by atoms with Gasteiger partial charge in [0.1, 0.15) is 5.75 Å². The van der Waals surface area contributed by atoms with E-state index in [0.717, 1.165) is 86.4 Å². The number of amides is 2. The predicted octanol–water partition coefficient (Wildman–Crippen LogP) is 10.8. The highest BCUT2D eigenvalue weighted by Crippen LogP contribution is 2.62. The number of hydrogen-bond acceptors (Lipinski definition) is 11. The Balaban J connectivity index is 0.000000138. The van der Waals surface area contributed by atoms with Crippen molar-refractivity contribution in [2.45, 2.75) is 75.3 Å². The minimum absolute atomic E-state index is 0.0747. The molecule has 4 aliphatic carbocycles. The van der Waals surface area contributed by atoms with E-state index in [4.69, 9.17) is 23.1 Å². The Labute approximate surface area is 417 Å². The highest BCUT2D eigenvalue weighted by atomic mass is 79.9. The number of ether oxygens (including phenoxy) is 1. The lowest BCUT2D eigenvalue weighted by atomic mass is 9.49. The summed E-state index contributed by atoms with van der Waals surface area (Å²) in [5.41, 5.74) is 14.4. The van der Waals surface area contributed by atoms with E-state index >= 15 is 0 Å². The topological polar surface area (TPSA) is 254 Å². The number of nitrogens with one attached hydrogen (secondary N) is 4. The number of anilines is 2. The summed E-state index contributed by atoms with van der Waals surface area (Å²) in [6.45, 7) is 0. The minimum atomic E-state index is -0.978. The second-order valence-corrected chi connectivity index (χ2v) is 20.3. The largest absolute Gasteiger partial charge is 0.414 e. The molecule has 0 aliphatic heterocycles. The molecular formula is C50H48Br2ClN9O7. The number of H-pyrrole nitrogens is 2. The summed E-state index contributed by atoms with van der Waals surface area (Å²) in [4.78, 5) is 55.8. The number of fused-ring (bicyclic) bond motifs is 2. The fourth-order valence-corrected chi connectivity index (χ4v) is 10.8. The SMILES string of the molecule is NC1CC2(C1)CC(c1n[nH]c(=O)c3ccccc13)C2.Nc1ccc(Br)cc1.O=C(Cl)Oc1ccc([N+](=O)[O-])cc1.O=C(Nc1ccc(Br)cc1)NC1CC2(C1)CC(c1n[nH]c(=O)c3ccccc13)C2. The van der Waals surface area contributed by atoms with Crippen LogP contribution in [0.3, 0.4) is 0 Å². The molecule has 2 amide bonds. The van der Waals surface area contributed by atoms with Crippen molar-refractivity contribution in [1.29, 1.82) is 0 Å². The van der Waals surface area contributed by atoms with E-state index in [9.17, 15) is 29.3 Å². The van der Waals surface area contributed by atoms with E-state index in [0.29, 0.717) is 34.1 Å². The molecule has 4 aliphatic rings. The van der Waals surface area contributed by atoms with Crippen molar-refractivity contribution >= 4 is 93.5 Å². The third-order valence-electron chi connectivity index (χ3n) is 13.2. The molecule has 0 bridgehead atoms. The number of carbonyl (C=O) groups is 2. The molecule has 0 unspecified atom stereocenters. The van der Waals surface area contributed by atoms with Crippen LogP contribution in [0, 0.1) is 20.9 Å². The number of hydrogen-bond donors (Lipinski definition) is 6. The number of aromatic nitrogens is 4. The Morgan fingerprint density at radius 3 is 1.57 bits per heavy atom. The standard InChI is InChI=1S/C22H21BrN4O2.C15H17N3O.C7H4ClNO4.C6H6BrN/c23-14-5-7-15(8-6-14)24-21(29)25-16-11-22(12-16)9-13(10-22)19-17-3-1-2-4-18(17)20(28)27-26-19;16-10-7-15(8-10)5-9(6-15)13-11-3-1-2-4-12(11)14(19)18-17-13;8-7(10)13-6-3-1-5(2-4-6)9(11)12;7-5-1-3-6(8)4-2-5/h1-8,13,16H,9-12H2,(H,27,28)(H2,24,25,29);1-4,9-10H,5-8,16H2,(H,18,19);1-4H;1-4H,8H2. The van der Waals surface area contributed by atoms with Crippen LogP contribution in [0.4, 0.5) is 26.7 Å². The predicted molar refractivity (Wildman–Crippen MR) is 274 cm³/mol. The van der Waals surface area contributed by atoms with Crippen LogP contribution in [0.25, 0.3) is 21.5 Å². The van der Waals surface area contributed by atoms with Gasteiger partial charge in [0.25, 0.3) is 16.8 Å². The summed E-state index contributed by atoms with van der Waals surface area (Å²) in [5, 5.41) is 33.5. The number of halogens is 3. The number of benzene rings is 5. The van der Waals surface area contributed by atoms with Crippen LogP contribution < -0.4 is 38.0 Å². The molecule has 16 nitrogen and oxygen atoms in total. The van der Waals surface area contributed by atoms with Gasteiger partial charge in [0.15, 0.2) is 0 Å². The van der Waals surface area contributed by atoms with Crippen LogP contribution in [0.5, 0.6) is 5.75 Å². The lowest BCUT2D eigenvalue weighted by Crippen LogP contribution is -2.56. The third kappa shape index (κ3) is 11.9. The normalized spacial score (nSPS) is 22.6. The van der Waals surface area contributed by atoms with Gasteiger partial charge in [-0.1, -0.05) is 68.3 Å². The number of nitro groups is 1. The van der Waals surface area contributed by atoms with Gasteiger partial charge in [0.2, 0.25) is 0 Å². The molecule has 5 aromatic carbocycles. The fourth-order valence-electron chi connectivity index (χ4n) is 10.1. The van der Waals surface area contributed by atoms with Gasteiger partial charge in [0, 0.05) is 78.7 Å². The monoisotopic (exact) mass is 1080 g/mol. The molecule has 69 heavy (non-hydrogen) atoms. The molecule has 0 atom stereocenters. The van der Waals surface area contributed by atoms with Gasteiger partial charge in [0.05, 0.1) is 27.1 Å². The molecule has 7 aromatic rings. The van der Waals surface area contributed by atoms with Gasteiger partial charge >= 0.3 is 11.5 Å². The summed E-state index contributed by atoms with van der Waals surface area (Å²) in [5.74, 6) is 1.02. The number of non-ortho nitro benzene ring substituents is 1. The zero-order valence-electron chi connectivity index (χ0n) is 37.0. The maximum absolute atomic E-state index is 12.2. The Morgan fingerprint density at radius 2 is 1.13 bits per heavy atom. The third-order valence-corrected chi connectivity index (χ3v) is 14.4. The molecular weight excluding hydrogens is 1030 g/mol. The number of rotatable bonds is 6. The molecule has 0 saturated heterocycles. The van der Waals surface area contributed by atoms with E-state index in [2.05, 4.69) is 67.6 Å². The summed E-state index contributed by atoms with van der Waals surface area (Å²) in [6, 6.07) is 35.9. The summed E-state index contributed by atoms with van der Waals surface area (Å²) >= 11 is 11.6. The Hall–Kier alpha value is -6.47. The Bertz CT molecular complexity index is 3070. The Morgan fingerprint density at radius 1 is 0.681 bits per heavy atom. The highest BCUT2D eigenvalue weighted by molar-refractivity contribution is 9.10. The molecule has 2 heterocycles. The highest BCUT2D eigenvalue weighted by Gasteiger charge is 2.54. The van der Waals surface area contributed by atoms with Crippen molar-refractivity contribution in [1.82, 2.24) is 25.7 Å². The van der Waals surface area contributed by atoms with Gasteiger partial charge in [-0.05, 0) is 135 Å². The van der Waals surface area contributed by atoms with Crippen molar-refractivity contribution in [2.75, 3.05) is 11.1 Å². The number of nitrogens with zero attached hydrogens (tertiary/aromatic N) is 3. The molecule has 4 fully saturated rings. The minimum Gasteiger partial charge on any atom is -0.414 e. The van der Waals surface area contributed by atoms with Crippen molar-refractivity contribution in [3.05, 3.63) is 172 Å². The van der Waals surface area contributed by atoms with E-state index in [1.54, 1.807) is 0 Å². The van der Waals surface area contributed by atoms with Crippen LogP contribution >= 0.6 is 43.5 Å². The van der Waals surface area contributed by atoms with Crippen molar-refractivity contribution in [3.63, 3.8) is 0 Å². The second kappa shape index (κ2) is 21.0. The van der Waals surface area contributed by atoms with Crippen molar-refractivity contribution in [3.8, 4) is 5.75 Å². The molecule has 19 heteroatoms. The summed E-state index contributed by atoms with van der Waals surface area (Å²) in [7, 11) is 0. The molecule has 4 saturated carbocycles. The average molecular weight is 1080 g/mol. The van der Waals surface area contributed by atoms with E-state index in [1.165, 1.54) is 37.1 Å². The first-order valence-electron chi connectivity index (χ1n) is 22.2. The number of nitro benzene ring substituents is 1. The first-order valence-corrected chi connectivity index (χ1v) is 24.2. The molecule has 11 rings (SSSR count). The summed E-state index contributed by atoms with van der Waals surface area (Å²) < 4.78 is 6.49. The molecule has 356 valence electrons. The van der Waals surface area contributed by atoms with E-state index in [-0.39, 0.29) is 34.6 Å². The average Bonchev–Trinajstić information content (AvgIpc) is 3.28. The number of carbonyl (C=O) groups excluding carboxylic acids is 2. The van der Waals surface area contributed by atoms with Crippen LogP contribution in [0.2, 0.25) is 0 Å². The lowest BCUT2D eigenvalue weighted by Gasteiger charge is -2.57. The number of aromatic amines is 2. The van der Waals surface area contributed by atoms with Crippen LogP contribution in [-0.4, -0.2) is 48.9 Å². The van der Waals surface area contributed by atoms with Crippen molar-refractivity contribution in [2.24, 2.45) is 16.6 Å². The fraction of sp³-hybridized carbons (Fsp3) is 0.280. The second-order valence-electron chi connectivity index (χ2n) is 18.2. The molecule has 2 spiro atoms. The number of nitrogens with two attached hydrogens (primary N) is 2. The van der Waals surface area contributed by atoms with Gasteiger partial charge in [-0.15, -0.1) is 0 Å². The van der Waals surface area contributed by atoms with E-state index in [1.807, 2.05) is 97.1 Å². The lowest BCUT2D eigenvalue weighted by molar-refractivity contribution is -0.384. The number of urea groups is 1. The molecule has 8 N–H and O–H groups in total. The smallest absolute Gasteiger partial charge is 0.409 e. The zero-order valence-corrected chi connectivity index (χ0v) is 40.9. The van der Waals surface area contributed by atoms with Gasteiger partial charge < -0.3 is 26.8 Å². The molecule has 0 radical (unpaired) electrons. The van der Waals surface area contributed by atoms with E-state index < -0.39 is 10.4 Å². The number of nitrogen functional groups attached to an aromatic ring is 1. The van der Waals surface area contributed by atoms with Crippen molar-refractivity contribution < 1.29 is 19.2 Å². The molecule has 2 aromatic heterocycles. The maximum Gasteiger partial charge on any atom is 0.409 e. The first kappa shape index (κ1) is 49.0. The van der Waals surface area contributed by atoms with Gasteiger partial charge in [-0.2, -0.15) is 10.2 Å². The summed E-state index contributed by atoms with van der Waals surface area (Å²) in [6.07, 6.45) is 8.77. The van der Waals surface area contributed by atoms with Gasteiger partial charge in [-0.25, -0.2) is 19.8 Å². The zero-order chi connectivity index (χ0) is 48.9. The maximum atomic E-state index is 12.2. The first-order chi connectivity index (χ1) is 33.1. The Kier molecular flexibility index (Phi) is 14.9. The quantitative estimate of drug-likeness (QED) is 0.0395.